The number of hydrogen-bond donors (Lipinski definition) is 1. The number of amides is 1. The number of carbonyl (C=O) groups is 2. The van der Waals surface area contributed by atoms with Gasteiger partial charge in [-0.25, -0.2) is 0 Å². The molecule has 0 aliphatic rings. The molecule has 2 aromatic rings. The summed E-state index contributed by atoms with van der Waals surface area (Å²) < 4.78 is 0. The van der Waals surface area contributed by atoms with Crippen molar-refractivity contribution in [3.63, 3.8) is 0 Å². The van der Waals surface area contributed by atoms with Gasteiger partial charge in [0.25, 0.3) is 0 Å². The molecule has 1 heterocycles. The summed E-state index contributed by atoms with van der Waals surface area (Å²) in [4.78, 5) is 24.3. The fourth-order valence-electron chi connectivity index (χ4n) is 1.60. The lowest BCUT2D eigenvalue weighted by atomic mass is 10.2. The SMILES string of the molecule is CC(=O)Nc1sc(-c2ccccc2)cc1SC(C)=O. The van der Waals surface area contributed by atoms with Crippen molar-refractivity contribution in [2.45, 2.75) is 18.7 Å². The van der Waals surface area contributed by atoms with Crippen molar-refractivity contribution in [2.75, 3.05) is 5.32 Å². The normalized spacial score (nSPS) is 10.2. The van der Waals surface area contributed by atoms with Crippen molar-refractivity contribution in [3.05, 3.63) is 36.4 Å². The lowest BCUT2D eigenvalue weighted by Gasteiger charge is -2.00. The van der Waals surface area contributed by atoms with Gasteiger partial charge < -0.3 is 5.32 Å². The van der Waals surface area contributed by atoms with Gasteiger partial charge in [-0.3, -0.25) is 9.59 Å². The summed E-state index contributed by atoms with van der Waals surface area (Å²) in [5.41, 5.74) is 1.08. The van der Waals surface area contributed by atoms with E-state index in [-0.39, 0.29) is 11.0 Å². The van der Waals surface area contributed by atoms with Gasteiger partial charge in [-0.1, -0.05) is 30.3 Å². The second kappa shape index (κ2) is 6.04. The molecule has 0 unspecified atom stereocenters. The van der Waals surface area contributed by atoms with E-state index in [1.54, 1.807) is 0 Å². The van der Waals surface area contributed by atoms with Crippen LogP contribution >= 0.6 is 23.1 Å². The number of thiophene rings is 1. The Morgan fingerprint density at radius 3 is 2.42 bits per heavy atom. The molecular weight excluding hydrogens is 278 g/mol. The Hall–Kier alpha value is -1.59. The van der Waals surface area contributed by atoms with Gasteiger partial charge in [0.1, 0.15) is 5.00 Å². The van der Waals surface area contributed by atoms with Crippen molar-refractivity contribution in [1.82, 2.24) is 0 Å². The van der Waals surface area contributed by atoms with Crippen LogP contribution in [0.15, 0.2) is 41.3 Å². The highest BCUT2D eigenvalue weighted by Gasteiger charge is 2.13. The number of thioether (sulfide) groups is 1. The van der Waals surface area contributed by atoms with E-state index < -0.39 is 0 Å². The fraction of sp³-hybridized carbons (Fsp3) is 0.143. The van der Waals surface area contributed by atoms with Crippen LogP contribution in [0.1, 0.15) is 13.8 Å². The number of rotatable bonds is 3. The van der Waals surface area contributed by atoms with Gasteiger partial charge in [0, 0.05) is 18.7 Å². The maximum Gasteiger partial charge on any atom is 0.221 e. The first-order valence-corrected chi connectivity index (χ1v) is 7.35. The molecule has 0 bridgehead atoms. The van der Waals surface area contributed by atoms with E-state index in [0.717, 1.165) is 32.1 Å². The molecule has 0 fully saturated rings. The van der Waals surface area contributed by atoms with Crippen molar-refractivity contribution < 1.29 is 9.59 Å². The molecule has 98 valence electrons. The quantitative estimate of drug-likeness (QED) is 0.869. The molecule has 2 rings (SSSR count). The van der Waals surface area contributed by atoms with Crippen molar-refractivity contribution >= 4 is 39.1 Å². The zero-order valence-corrected chi connectivity index (χ0v) is 12.2. The second-order valence-electron chi connectivity index (χ2n) is 3.94. The Morgan fingerprint density at radius 1 is 1.16 bits per heavy atom. The van der Waals surface area contributed by atoms with Gasteiger partial charge >= 0.3 is 0 Å². The number of carbonyl (C=O) groups excluding carboxylic acids is 2. The summed E-state index contributed by atoms with van der Waals surface area (Å²) in [6.07, 6.45) is 0. The average Bonchev–Trinajstić information content (AvgIpc) is 2.72. The summed E-state index contributed by atoms with van der Waals surface area (Å²) in [5, 5.41) is 3.51. The number of anilines is 1. The first-order valence-electron chi connectivity index (χ1n) is 5.71. The van der Waals surface area contributed by atoms with E-state index in [0.29, 0.717) is 0 Å². The van der Waals surface area contributed by atoms with Crippen molar-refractivity contribution in [2.24, 2.45) is 0 Å². The molecule has 0 saturated carbocycles. The zero-order chi connectivity index (χ0) is 13.8. The molecule has 1 amide bonds. The Balaban J connectivity index is 2.39. The predicted octanol–water partition coefficient (Wildman–Crippen LogP) is 4.01. The van der Waals surface area contributed by atoms with Crippen LogP contribution in [0, 0.1) is 0 Å². The molecule has 1 N–H and O–H groups in total. The smallest absolute Gasteiger partial charge is 0.221 e. The molecule has 19 heavy (non-hydrogen) atoms. The molecule has 1 aromatic heterocycles. The second-order valence-corrected chi connectivity index (χ2v) is 6.22. The maximum absolute atomic E-state index is 11.3. The summed E-state index contributed by atoms with van der Waals surface area (Å²) in [6, 6.07) is 11.8. The van der Waals surface area contributed by atoms with E-state index in [4.69, 9.17) is 0 Å². The molecular formula is C14H13NO2S2. The summed E-state index contributed by atoms with van der Waals surface area (Å²) >= 11 is 2.62. The van der Waals surface area contributed by atoms with E-state index >= 15 is 0 Å². The third-order valence-corrected chi connectivity index (χ3v) is 4.36. The molecule has 5 heteroatoms. The summed E-state index contributed by atoms with van der Waals surface area (Å²) in [7, 11) is 0. The minimum Gasteiger partial charge on any atom is -0.317 e. The Kier molecular flexibility index (Phi) is 4.39. The Bertz CT molecular complexity index is 572. The highest BCUT2D eigenvalue weighted by atomic mass is 32.2. The first-order chi connectivity index (χ1) is 9.06. The Morgan fingerprint density at radius 2 is 1.84 bits per heavy atom. The molecule has 0 atom stereocenters. The minimum atomic E-state index is -0.133. The van der Waals surface area contributed by atoms with Crippen molar-refractivity contribution in [1.29, 1.82) is 0 Å². The third-order valence-electron chi connectivity index (χ3n) is 2.30. The van der Waals surface area contributed by atoms with Crippen LogP contribution < -0.4 is 5.32 Å². The number of benzene rings is 1. The van der Waals surface area contributed by atoms with Gasteiger partial charge in [0.15, 0.2) is 5.12 Å². The zero-order valence-electron chi connectivity index (χ0n) is 10.6. The highest BCUT2D eigenvalue weighted by Crippen LogP contribution is 2.40. The van der Waals surface area contributed by atoms with Gasteiger partial charge in [0.05, 0.1) is 4.90 Å². The largest absolute Gasteiger partial charge is 0.317 e. The minimum absolute atomic E-state index is 0.00372. The van der Waals surface area contributed by atoms with Gasteiger partial charge in [-0.2, -0.15) is 0 Å². The maximum atomic E-state index is 11.3. The van der Waals surface area contributed by atoms with E-state index in [1.165, 1.54) is 25.2 Å². The third kappa shape index (κ3) is 3.68. The van der Waals surface area contributed by atoms with Gasteiger partial charge in [-0.05, 0) is 23.4 Å². The lowest BCUT2D eigenvalue weighted by Crippen LogP contribution is -2.04. The average molecular weight is 291 g/mol. The fourth-order valence-corrected chi connectivity index (χ4v) is 3.56. The highest BCUT2D eigenvalue weighted by molar-refractivity contribution is 8.13. The van der Waals surface area contributed by atoms with Crippen LogP contribution in [0.2, 0.25) is 0 Å². The van der Waals surface area contributed by atoms with Crippen LogP contribution in [-0.4, -0.2) is 11.0 Å². The summed E-state index contributed by atoms with van der Waals surface area (Å²) in [5.74, 6) is -0.133. The van der Waals surface area contributed by atoms with Gasteiger partial charge in [0.2, 0.25) is 5.91 Å². The topological polar surface area (TPSA) is 46.2 Å². The Labute approximate surface area is 120 Å². The van der Waals surface area contributed by atoms with E-state index in [9.17, 15) is 9.59 Å². The van der Waals surface area contributed by atoms with Crippen LogP contribution in [0.4, 0.5) is 5.00 Å². The molecule has 3 nitrogen and oxygen atoms in total. The molecule has 0 spiro atoms. The van der Waals surface area contributed by atoms with E-state index in [1.807, 2.05) is 36.4 Å². The molecule has 0 radical (unpaired) electrons. The molecule has 0 aliphatic carbocycles. The lowest BCUT2D eigenvalue weighted by molar-refractivity contribution is -0.114. The number of nitrogens with one attached hydrogen (secondary N) is 1. The van der Waals surface area contributed by atoms with Gasteiger partial charge in [-0.15, -0.1) is 11.3 Å². The molecule has 0 aliphatic heterocycles. The summed E-state index contributed by atoms with van der Waals surface area (Å²) in [6.45, 7) is 2.98. The van der Waals surface area contributed by atoms with Crippen LogP contribution in [0.5, 0.6) is 0 Å². The predicted molar refractivity (Wildman–Crippen MR) is 80.6 cm³/mol. The monoisotopic (exact) mass is 291 g/mol. The standard InChI is InChI=1S/C14H13NO2S2/c1-9(16)15-14-13(18-10(2)17)8-12(19-14)11-6-4-3-5-7-11/h3-8H,1-2H3,(H,15,16). The van der Waals surface area contributed by atoms with E-state index in [2.05, 4.69) is 5.32 Å². The van der Waals surface area contributed by atoms with Crippen molar-refractivity contribution in [3.8, 4) is 10.4 Å². The van der Waals surface area contributed by atoms with Crippen LogP contribution in [0.3, 0.4) is 0 Å². The first kappa shape index (κ1) is 13.8. The van der Waals surface area contributed by atoms with Crippen LogP contribution in [0.25, 0.3) is 10.4 Å². The molecule has 0 saturated heterocycles. The number of hydrogen-bond acceptors (Lipinski definition) is 4. The van der Waals surface area contributed by atoms with Crippen LogP contribution in [-0.2, 0) is 9.59 Å². The molecule has 1 aromatic carbocycles.